The van der Waals surface area contributed by atoms with Crippen molar-refractivity contribution in [3.8, 4) is 5.75 Å². The van der Waals surface area contributed by atoms with E-state index in [-0.39, 0.29) is 5.75 Å². The molecular formula is C22H17F3N2O2. The van der Waals surface area contributed by atoms with Crippen molar-refractivity contribution in [2.24, 2.45) is 0 Å². The van der Waals surface area contributed by atoms with E-state index in [1.54, 1.807) is 4.90 Å². The fourth-order valence-electron chi connectivity index (χ4n) is 3.42. The molecule has 148 valence electrons. The van der Waals surface area contributed by atoms with E-state index in [4.69, 9.17) is 0 Å². The van der Waals surface area contributed by atoms with E-state index in [2.05, 4.69) is 10.1 Å². The van der Waals surface area contributed by atoms with Crippen LogP contribution >= 0.6 is 0 Å². The lowest BCUT2D eigenvalue weighted by Gasteiger charge is -2.25. The van der Waals surface area contributed by atoms with Gasteiger partial charge in [-0.25, -0.2) is 4.79 Å². The van der Waals surface area contributed by atoms with Crippen LogP contribution in [0.4, 0.5) is 35.0 Å². The number of aryl methyl sites for hydroxylation is 2. The fraction of sp³-hybridized carbons (Fsp3) is 0.136. The van der Waals surface area contributed by atoms with Crippen LogP contribution in [-0.4, -0.2) is 12.4 Å². The molecule has 0 unspecified atom stereocenters. The maximum Gasteiger partial charge on any atom is 0.573 e. The molecule has 0 atom stereocenters. The predicted molar refractivity (Wildman–Crippen MR) is 105 cm³/mol. The number of fused-ring (bicyclic) bond motifs is 2. The summed E-state index contributed by atoms with van der Waals surface area (Å²) in [5, 5.41) is 2.76. The lowest BCUT2D eigenvalue weighted by molar-refractivity contribution is -0.274. The van der Waals surface area contributed by atoms with Gasteiger partial charge in [-0.15, -0.1) is 13.2 Å². The first-order valence-corrected chi connectivity index (χ1v) is 9.03. The summed E-state index contributed by atoms with van der Waals surface area (Å²) < 4.78 is 40.8. The number of nitrogens with one attached hydrogen (secondary N) is 1. The van der Waals surface area contributed by atoms with Gasteiger partial charge in [0.25, 0.3) is 0 Å². The van der Waals surface area contributed by atoms with Gasteiger partial charge in [-0.3, -0.25) is 4.90 Å². The number of benzene rings is 3. The van der Waals surface area contributed by atoms with Gasteiger partial charge in [-0.2, -0.15) is 0 Å². The van der Waals surface area contributed by atoms with Crippen LogP contribution in [0.1, 0.15) is 11.1 Å². The number of halogens is 3. The Hall–Kier alpha value is -3.48. The van der Waals surface area contributed by atoms with Gasteiger partial charge in [0.1, 0.15) is 5.75 Å². The fourth-order valence-corrected chi connectivity index (χ4v) is 3.42. The van der Waals surface area contributed by atoms with Gasteiger partial charge in [0.05, 0.1) is 11.4 Å². The number of ether oxygens (including phenoxy) is 1. The number of carbonyl (C=O) groups is 1. The molecule has 0 saturated heterocycles. The summed E-state index contributed by atoms with van der Waals surface area (Å²) in [5.74, 6) is -0.346. The van der Waals surface area contributed by atoms with Gasteiger partial charge in [0, 0.05) is 5.69 Å². The molecule has 0 spiro atoms. The summed E-state index contributed by atoms with van der Waals surface area (Å²) >= 11 is 0. The number of para-hydroxylation sites is 2. The summed E-state index contributed by atoms with van der Waals surface area (Å²) in [7, 11) is 0. The van der Waals surface area contributed by atoms with Crippen molar-refractivity contribution < 1.29 is 22.7 Å². The normalized spacial score (nSPS) is 13.1. The number of alkyl halides is 3. The maximum atomic E-state index is 13.2. The lowest BCUT2D eigenvalue weighted by atomic mass is 10.0. The van der Waals surface area contributed by atoms with Crippen LogP contribution in [-0.2, 0) is 12.8 Å². The largest absolute Gasteiger partial charge is 0.573 e. The van der Waals surface area contributed by atoms with Crippen molar-refractivity contribution in [1.82, 2.24) is 0 Å². The standard InChI is InChI=1S/C22H17F3N2O2/c23-22(24,25)29-18-13-11-17(12-14-18)26-21(28)27-19-7-3-1-5-15(19)9-10-16-6-2-4-8-20(16)27/h1-8,11-14H,9-10H2,(H,26,28). The van der Waals surface area contributed by atoms with Gasteiger partial charge >= 0.3 is 12.4 Å². The molecule has 1 heterocycles. The second-order valence-electron chi connectivity index (χ2n) is 6.60. The number of urea groups is 1. The topological polar surface area (TPSA) is 41.6 Å². The number of hydrogen-bond acceptors (Lipinski definition) is 2. The third-order valence-electron chi connectivity index (χ3n) is 4.67. The first-order chi connectivity index (χ1) is 13.9. The zero-order valence-electron chi connectivity index (χ0n) is 15.2. The summed E-state index contributed by atoms with van der Waals surface area (Å²) in [6.07, 6.45) is -3.15. The summed E-state index contributed by atoms with van der Waals surface area (Å²) in [6.45, 7) is 0. The minimum absolute atomic E-state index is 0.346. The molecule has 0 aliphatic carbocycles. The Labute approximate surface area is 165 Å². The molecule has 29 heavy (non-hydrogen) atoms. The monoisotopic (exact) mass is 398 g/mol. The molecule has 0 saturated carbocycles. The van der Waals surface area contributed by atoms with Crippen molar-refractivity contribution in [1.29, 1.82) is 0 Å². The Kier molecular flexibility index (Phi) is 4.88. The van der Waals surface area contributed by atoms with Gasteiger partial charge in [0.15, 0.2) is 0 Å². The van der Waals surface area contributed by atoms with Crippen LogP contribution in [0.25, 0.3) is 0 Å². The van der Waals surface area contributed by atoms with Gasteiger partial charge in [-0.05, 0) is 60.4 Å². The van der Waals surface area contributed by atoms with E-state index in [1.165, 1.54) is 12.1 Å². The quantitative estimate of drug-likeness (QED) is 0.571. The van der Waals surface area contributed by atoms with E-state index in [9.17, 15) is 18.0 Å². The molecule has 0 aromatic heterocycles. The SMILES string of the molecule is O=C(Nc1ccc(OC(F)(F)F)cc1)N1c2ccccc2CCc2ccccc21. The summed E-state index contributed by atoms with van der Waals surface area (Å²) in [4.78, 5) is 14.8. The number of nitrogens with zero attached hydrogens (tertiary/aromatic N) is 1. The highest BCUT2D eigenvalue weighted by atomic mass is 19.4. The molecule has 0 radical (unpaired) electrons. The smallest absolute Gasteiger partial charge is 0.406 e. The molecule has 7 heteroatoms. The van der Waals surface area contributed by atoms with Gasteiger partial charge in [-0.1, -0.05) is 36.4 Å². The average Bonchev–Trinajstić information content (AvgIpc) is 2.85. The van der Waals surface area contributed by atoms with E-state index in [0.29, 0.717) is 5.69 Å². The Morgan fingerprint density at radius 1 is 0.828 bits per heavy atom. The van der Waals surface area contributed by atoms with E-state index in [0.717, 1.165) is 47.5 Å². The summed E-state index contributed by atoms with van der Waals surface area (Å²) in [5.41, 5.74) is 4.03. The molecule has 3 aromatic rings. The maximum absolute atomic E-state index is 13.2. The number of carbonyl (C=O) groups excluding carboxylic acids is 1. The Morgan fingerprint density at radius 2 is 1.34 bits per heavy atom. The highest BCUT2D eigenvalue weighted by molar-refractivity contribution is 6.08. The predicted octanol–water partition coefficient (Wildman–Crippen LogP) is 6.05. The van der Waals surface area contributed by atoms with Crippen LogP contribution in [0, 0.1) is 0 Å². The first kappa shape index (κ1) is 18.9. The molecule has 1 aliphatic rings. The lowest BCUT2D eigenvalue weighted by Crippen LogP contribution is -2.31. The van der Waals surface area contributed by atoms with E-state index < -0.39 is 12.4 Å². The van der Waals surface area contributed by atoms with Crippen LogP contribution in [0.3, 0.4) is 0 Å². The second-order valence-corrected chi connectivity index (χ2v) is 6.60. The number of hydrogen-bond donors (Lipinski definition) is 1. The van der Waals surface area contributed by atoms with Crippen molar-refractivity contribution in [3.63, 3.8) is 0 Å². The molecule has 2 amide bonds. The molecule has 1 N–H and O–H groups in total. The van der Waals surface area contributed by atoms with Gasteiger partial charge < -0.3 is 10.1 Å². The number of rotatable bonds is 2. The highest BCUT2D eigenvalue weighted by Crippen LogP contribution is 2.36. The van der Waals surface area contributed by atoms with Crippen LogP contribution in [0.15, 0.2) is 72.8 Å². The molecule has 0 fully saturated rings. The zero-order chi connectivity index (χ0) is 20.4. The van der Waals surface area contributed by atoms with Crippen LogP contribution < -0.4 is 15.0 Å². The van der Waals surface area contributed by atoms with Gasteiger partial charge in [0.2, 0.25) is 0 Å². The minimum atomic E-state index is -4.76. The van der Waals surface area contributed by atoms with Crippen LogP contribution in [0.5, 0.6) is 5.75 Å². The molecule has 1 aliphatic heterocycles. The van der Waals surface area contributed by atoms with Crippen LogP contribution in [0.2, 0.25) is 0 Å². The van der Waals surface area contributed by atoms with Crippen molar-refractivity contribution in [2.75, 3.05) is 10.2 Å². The third kappa shape index (κ3) is 4.18. The molecular weight excluding hydrogens is 381 g/mol. The Morgan fingerprint density at radius 3 is 1.86 bits per heavy atom. The zero-order valence-corrected chi connectivity index (χ0v) is 15.2. The Balaban J connectivity index is 1.63. The third-order valence-corrected chi connectivity index (χ3v) is 4.67. The van der Waals surface area contributed by atoms with Crippen molar-refractivity contribution in [2.45, 2.75) is 19.2 Å². The van der Waals surface area contributed by atoms with E-state index >= 15 is 0 Å². The average molecular weight is 398 g/mol. The molecule has 4 nitrogen and oxygen atoms in total. The number of anilines is 3. The van der Waals surface area contributed by atoms with Crippen molar-refractivity contribution in [3.05, 3.63) is 83.9 Å². The first-order valence-electron chi connectivity index (χ1n) is 9.03. The molecule has 3 aromatic carbocycles. The van der Waals surface area contributed by atoms with Crippen molar-refractivity contribution >= 4 is 23.1 Å². The molecule has 0 bridgehead atoms. The number of amides is 2. The Bertz CT molecular complexity index is 985. The molecule has 4 rings (SSSR count). The highest BCUT2D eigenvalue weighted by Gasteiger charge is 2.31. The second kappa shape index (κ2) is 7.50. The minimum Gasteiger partial charge on any atom is -0.406 e. The summed E-state index contributed by atoms with van der Waals surface area (Å²) in [6, 6.07) is 20.0. The van der Waals surface area contributed by atoms with E-state index in [1.807, 2.05) is 48.5 Å².